The summed E-state index contributed by atoms with van der Waals surface area (Å²) in [6.07, 6.45) is 1.69. The zero-order valence-electron chi connectivity index (χ0n) is 6.46. The highest BCUT2D eigenvalue weighted by Crippen LogP contribution is 1.91. The second-order valence-corrected chi connectivity index (χ2v) is 2.07. The van der Waals surface area contributed by atoms with Gasteiger partial charge in [-0.25, -0.2) is 4.39 Å². The van der Waals surface area contributed by atoms with Gasteiger partial charge in [-0.15, -0.1) is 0 Å². The summed E-state index contributed by atoms with van der Waals surface area (Å²) < 4.78 is 13.7. The first-order valence-electron chi connectivity index (χ1n) is 3.57. The Hall–Kier alpha value is -1.12. The van der Waals surface area contributed by atoms with E-state index in [0.29, 0.717) is 12.3 Å². The number of pyridine rings is 1. The maximum Gasteiger partial charge on any atom is 0.265 e. The first-order chi connectivity index (χ1) is 5.38. The third-order valence-corrected chi connectivity index (χ3v) is 1.31. The molecule has 0 saturated carbocycles. The molecule has 1 aromatic heterocycles. The molecule has 11 heavy (non-hydrogen) atoms. The molecule has 0 aliphatic rings. The molecule has 0 N–H and O–H groups in total. The summed E-state index contributed by atoms with van der Waals surface area (Å²) in [5, 5.41) is 0. The Labute approximate surface area is 65.2 Å². The van der Waals surface area contributed by atoms with Crippen molar-refractivity contribution in [1.29, 1.82) is 0 Å². The van der Waals surface area contributed by atoms with Crippen LogP contribution in [0.2, 0.25) is 0 Å². The topological polar surface area (TPSA) is 13.1 Å². The molecule has 3 heteroatoms. The van der Waals surface area contributed by atoms with Crippen LogP contribution in [0.15, 0.2) is 24.4 Å². The Kier molecular flexibility index (Phi) is 2.83. The van der Waals surface area contributed by atoms with Crippen LogP contribution < -0.4 is 9.57 Å². The molecule has 0 fully saturated rings. The van der Waals surface area contributed by atoms with E-state index in [2.05, 4.69) is 0 Å². The molecule has 0 aliphatic heterocycles. The van der Waals surface area contributed by atoms with Gasteiger partial charge in [0, 0.05) is 16.9 Å². The molecule has 2 nitrogen and oxygen atoms in total. The predicted molar refractivity (Wildman–Crippen MR) is 38.6 cm³/mol. The van der Waals surface area contributed by atoms with Gasteiger partial charge in [0.1, 0.15) is 0 Å². The molecule has 0 radical (unpaired) electrons. The molecular weight excluding hydrogens is 145 g/mol. The van der Waals surface area contributed by atoms with E-state index in [1.54, 1.807) is 24.4 Å². The minimum absolute atomic E-state index is 0.499. The lowest BCUT2D eigenvalue weighted by molar-refractivity contribution is -0.896. The van der Waals surface area contributed by atoms with Crippen molar-refractivity contribution in [3.05, 3.63) is 30.1 Å². The standard InChI is InChI=1S/C8H11FNO/c1-2-11-10-6-4-3-5-8(10)7-9/h3-6H,2,7H2,1H3/q+1. The Morgan fingerprint density at radius 2 is 2.36 bits per heavy atom. The summed E-state index contributed by atoms with van der Waals surface area (Å²) in [5.74, 6) is 0. The lowest BCUT2D eigenvalue weighted by Gasteiger charge is -1.96. The number of hydrogen-bond donors (Lipinski definition) is 0. The second kappa shape index (κ2) is 3.91. The molecule has 60 valence electrons. The number of halogens is 1. The SMILES string of the molecule is CCO[n+]1ccccc1CF. The third kappa shape index (κ3) is 1.90. The highest BCUT2D eigenvalue weighted by Gasteiger charge is 2.08. The fourth-order valence-corrected chi connectivity index (χ4v) is 0.832. The van der Waals surface area contributed by atoms with Crippen LogP contribution in [0, 0.1) is 0 Å². The summed E-state index contributed by atoms with van der Waals surface area (Å²) in [7, 11) is 0. The van der Waals surface area contributed by atoms with Crippen LogP contribution in [-0.2, 0) is 6.67 Å². The largest absolute Gasteiger partial charge is 0.271 e. The van der Waals surface area contributed by atoms with E-state index >= 15 is 0 Å². The van der Waals surface area contributed by atoms with E-state index in [4.69, 9.17) is 4.84 Å². The van der Waals surface area contributed by atoms with Gasteiger partial charge in [-0.1, -0.05) is 0 Å². The summed E-state index contributed by atoms with van der Waals surface area (Å²) in [6.45, 7) is 1.91. The molecule has 0 atom stereocenters. The van der Waals surface area contributed by atoms with E-state index < -0.39 is 6.67 Å². The average Bonchev–Trinajstić information content (AvgIpc) is 2.06. The number of hydrogen-bond acceptors (Lipinski definition) is 1. The molecule has 0 aromatic carbocycles. The minimum atomic E-state index is -0.499. The van der Waals surface area contributed by atoms with Crippen molar-refractivity contribution in [2.75, 3.05) is 6.61 Å². The second-order valence-electron chi connectivity index (χ2n) is 2.07. The van der Waals surface area contributed by atoms with Gasteiger partial charge in [-0.2, -0.15) is 0 Å². The number of rotatable bonds is 3. The smallest absolute Gasteiger partial charge is 0.265 e. The lowest BCUT2D eigenvalue weighted by atomic mass is 10.4. The molecule has 0 spiro atoms. The minimum Gasteiger partial charge on any atom is -0.271 e. The van der Waals surface area contributed by atoms with E-state index in [0.717, 1.165) is 0 Å². The van der Waals surface area contributed by atoms with E-state index in [9.17, 15) is 4.39 Å². The Morgan fingerprint density at radius 3 is 3.00 bits per heavy atom. The first-order valence-corrected chi connectivity index (χ1v) is 3.57. The summed E-state index contributed by atoms with van der Waals surface area (Å²) in [4.78, 5) is 5.10. The maximum absolute atomic E-state index is 12.2. The predicted octanol–water partition coefficient (Wildman–Crippen LogP) is 0.892. The third-order valence-electron chi connectivity index (χ3n) is 1.31. The Morgan fingerprint density at radius 1 is 1.55 bits per heavy atom. The van der Waals surface area contributed by atoms with Crippen LogP contribution in [0.3, 0.4) is 0 Å². The quantitative estimate of drug-likeness (QED) is 0.592. The number of nitrogens with zero attached hydrogens (tertiary/aromatic N) is 1. The summed E-state index contributed by atoms with van der Waals surface area (Å²) in [5.41, 5.74) is 0.536. The van der Waals surface area contributed by atoms with E-state index in [1.165, 1.54) is 4.73 Å². The first kappa shape index (κ1) is 7.98. The molecule has 0 saturated heterocycles. The van der Waals surface area contributed by atoms with Crippen LogP contribution in [-0.4, -0.2) is 6.61 Å². The zero-order valence-corrected chi connectivity index (χ0v) is 6.46. The molecule has 0 aliphatic carbocycles. The molecule has 0 bridgehead atoms. The summed E-state index contributed by atoms with van der Waals surface area (Å²) >= 11 is 0. The maximum atomic E-state index is 12.2. The fourth-order valence-electron chi connectivity index (χ4n) is 0.832. The van der Waals surface area contributed by atoms with Gasteiger partial charge >= 0.3 is 0 Å². The average molecular weight is 156 g/mol. The summed E-state index contributed by atoms with van der Waals surface area (Å²) in [6, 6.07) is 5.27. The Balaban J connectivity index is 2.83. The van der Waals surface area contributed by atoms with Crippen molar-refractivity contribution in [3.8, 4) is 0 Å². The monoisotopic (exact) mass is 156 g/mol. The molecule has 1 aromatic rings. The molecular formula is C8H11FNO+. The fraction of sp³-hybridized carbons (Fsp3) is 0.375. The van der Waals surface area contributed by atoms with Gasteiger partial charge in [0.05, 0.1) is 0 Å². The lowest BCUT2D eigenvalue weighted by Crippen LogP contribution is -2.45. The van der Waals surface area contributed by atoms with Crippen molar-refractivity contribution >= 4 is 0 Å². The van der Waals surface area contributed by atoms with E-state index in [1.807, 2.05) is 6.92 Å². The van der Waals surface area contributed by atoms with Gasteiger partial charge in [0.2, 0.25) is 6.20 Å². The Bertz CT molecular complexity index is 227. The zero-order chi connectivity index (χ0) is 8.10. The van der Waals surface area contributed by atoms with Crippen LogP contribution in [0.25, 0.3) is 0 Å². The number of aromatic nitrogens is 1. The molecule has 1 heterocycles. The van der Waals surface area contributed by atoms with Gasteiger partial charge in [-0.3, -0.25) is 4.84 Å². The number of alkyl halides is 1. The van der Waals surface area contributed by atoms with Gasteiger partial charge in [-0.05, 0) is 13.0 Å². The van der Waals surface area contributed by atoms with Crippen molar-refractivity contribution in [2.45, 2.75) is 13.6 Å². The molecule has 1 rings (SSSR count). The molecule has 0 amide bonds. The van der Waals surface area contributed by atoms with Crippen LogP contribution >= 0.6 is 0 Å². The van der Waals surface area contributed by atoms with Crippen molar-refractivity contribution in [1.82, 2.24) is 0 Å². The van der Waals surface area contributed by atoms with Gasteiger partial charge < -0.3 is 0 Å². The highest BCUT2D eigenvalue weighted by molar-refractivity contribution is 4.94. The van der Waals surface area contributed by atoms with Crippen molar-refractivity contribution in [2.24, 2.45) is 0 Å². The van der Waals surface area contributed by atoms with Crippen molar-refractivity contribution < 1.29 is 14.0 Å². The van der Waals surface area contributed by atoms with Gasteiger partial charge in [0.25, 0.3) is 5.69 Å². The molecule has 0 unspecified atom stereocenters. The van der Waals surface area contributed by atoms with Crippen molar-refractivity contribution in [3.63, 3.8) is 0 Å². The van der Waals surface area contributed by atoms with E-state index in [-0.39, 0.29) is 0 Å². The van der Waals surface area contributed by atoms with Crippen LogP contribution in [0.1, 0.15) is 12.6 Å². The van der Waals surface area contributed by atoms with Crippen LogP contribution in [0.4, 0.5) is 4.39 Å². The normalized spacial score (nSPS) is 9.64. The highest BCUT2D eigenvalue weighted by atomic mass is 19.1. The van der Waals surface area contributed by atoms with Gasteiger partial charge in [0.15, 0.2) is 13.3 Å². The van der Waals surface area contributed by atoms with Crippen LogP contribution in [0.5, 0.6) is 0 Å².